The van der Waals surface area contributed by atoms with E-state index in [1.807, 2.05) is 0 Å². The van der Waals surface area contributed by atoms with Gasteiger partial charge in [-0.15, -0.1) is 0 Å². The summed E-state index contributed by atoms with van der Waals surface area (Å²) in [6.45, 7) is 0. The average Bonchev–Trinajstić information content (AvgIpc) is 2.25. The molecule has 0 aromatic carbocycles. The van der Waals surface area contributed by atoms with E-state index in [4.69, 9.17) is 0 Å². The Bertz CT molecular complexity index is 309. The molecular formula is C12H11+. The third kappa shape index (κ3) is 1.59. The number of rotatable bonds is 0. The Morgan fingerprint density at radius 3 is 2.75 bits per heavy atom. The van der Waals surface area contributed by atoms with Gasteiger partial charge in [0.2, 0.25) is 0 Å². The van der Waals surface area contributed by atoms with E-state index in [1.165, 1.54) is 11.1 Å². The Morgan fingerprint density at radius 1 is 1.00 bits per heavy atom. The van der Waals surface area contributed by atoms with Crippen LogP contribution < -0.4 is 0 Å². The summed E-state index contributed by atoms with van der Waals surface area (Å²) in [5, 5.41) is 0. The van der Waals surface area contributed by atoms with Gasteiger partial charge in [-0.2, -0.15) is 0 Å². The number of fused-ring (bicyclic) bond motifs is 2. The Morgan fingerprint density at radius 2 is 1.83 bits per heavy atom. The molecule has 0 saturated carbocycles. The molecule has 0 aromatic rings. The van der Waals surface area contributed by atoms with Crippen LogP contribution in [0.3, 0.4) is 0 Å². The van der Waals surface area contributed by atoms with Crippen LogP contribution in [0.4, 0.5) is 0 Å². The Hall–Kier alpha value is -1.43. The summed E-state index contributed by atoms with van der Waals surface area (Å²) in [5.74, 6) is 0. The van der Waals surface area contributed by atoms with Crippen molar-refractivity contribution in [1.82, 2.24) is 0 Å². The highest BCUT2D eigenvalue weighted by Crippen LogP contribution is 2.19. The topological polar surface area (TPSA) is 0 Å². The highest BCUT2D eigenvalue weighted by molar-refractivity contribution is 5.41. The first kappa shape index (κ1) is 7.23. The molecule has 0 radical (unpaired) electrons. The molecule has 0 saturated heterocycles. The summed E-state index contributed by atoms with van der Waals surface area (Å²) in [6, 6.07) is 0. The first-order chi connectivity index (χ1) is 5.95. The lowest BCUT2D eigenvalue weighted by atomic mass is 10.0. The molecule has 2 aliphatic rings. The summed E-state index contributed by atoms with van der Waals surface area (Å²) in [7, 11) is 0. The second kappa shape index (κ2) is 3.31. The standard InChI is InChI=1S/C12H11/c1-2-6-11-8-4-5-9-12(10-11)7-3-1/h1-9H,10H2/q+1. The third-order valence-electron chi connectivity index (χ3n) is 1.98. The molecule has 0 atom stereocenters. The minimum atomic E-state index is 1.05. The summed E-state index contributed by atoms with van der Waals surface area (Å²) in [6.07, 6.45) is 20.1. The largest absolute Gasteiger partial charge is 0.0607 e. The monoisotopic (exact) mass is 155 g/mol. The van der Waals surface area contributed by atoms with Crippen LogP contribution in [-0.4, -0.2) is 0 Å². The van der Waals surface area contributed by atoms with E-state index in [0.29, 0.717) is 0 Å². The van der Waals surface area contributed by atoms with Gasteiger partial charge in [-0.1, -0.05) is 12.2 Å². The Labute approximate surface area is 73.3 Å². The van der Waals surface area contributed by atoms with Gasteiger partial charge in [0.15, 0.2) is 0 Å². The van der Waals surface area contributed by atoms with Gasteiger partial charge in [0.1, 0.15) is 0 Å². The van der Waals surface area contributed by atoms with Crippen molar-refractivity contribution in [1.29, 1.82) is 0 Å². The molecule has 12 heavy (non-hydrogen) atoms. The Kier molecular flexibility index (Phi) is 2.00. The third-order valence-corrected chi connectivity index (χ3v) is 1.98. The molecule has 2 rings (SSSR count). The van der Waals surface area contributed by atoms with Gasteiger partial charge in [0.25, 0.3) is 0 Å². The van der Waals surface area contributed by atoms with E-state index in [9.17, 15) is 0 Å². The van der Waals surface area contributed by atoms with E-state index in [-0.39, 0.29) is 0 Å². The van der Waals surface area contributed by atoms with Crippen LogP contribution in [0.1, 0.15) is 6.42 Å². The van der Waals surface area contributed by atoms with Gasteiger partial charge in [-0.25, -0.2) is 0 Å². The van der Waals surface area contributed by atoms with Crippen LogP contribution in [0, 0.1) is 6.42 Å². The summed E-state index contributed by atoms with van der Waals surface area (Å²) < 4.78 is 0. The van der Waals surface area contributed by atoms with Crippen molar-refractivity contribution in [3.8, 4) is 0 Å². The van der Waals surface area contributed by atoms with Crippen LogP contribution in [0.5, 0.6) is 0 Å². The van der Waals surface area contributed by atoms with Gasteiger partial charge in [-0.3, -0.25) is 0 Å². The summed E-state index contributed by atoms with van der Waals surface area (Å²) in [5.41, 5.74) is 2.74. The molecule has 0 amide bonds. The van der Waals surface area contributed by atoms with Gasteiger partial charge in [0.05, 0.1) is 0 Å². The van der Waals surface area contributed by atoms with Crippen molar-refractivity contribution in [2.75, 3.05) is 0 Å². The van der Waals surface area contributed by atoms with Crippen LogP contribution in [0.25, 0.3) is 0 Å². The first-order valence-corrected chi connectivity index (χ1v) is 4.20. The quantitative estimate of drug-likeness (QED) is 0.471. The van der Waals surface area contributed by atoms with Gasteiger partial charge in [-0.05, 0) is 23.8 Å². The molecule has 0 unspecified atom stereocenters. The second-order valence-electron chi connectivity index (χ2n) is 2.96. The van der Waals surface area contributed by atoms with Crippen molar-refractivity contribution in [2.24, 2.45) is 0 Å². The predicted octanol–water partition coefficient (Wildman–Crippen LogP) is 3.13. The SMILES string of the molecule is C1=C[CH+]C=C2C=CC=CC(=C1)C2. The molecule has 0 aliphatic heterocycles. The molecule has 0 nitrogen and oxygen atoms in total. The lowest BCUT2D eigenvalue weighted by Crippen LogP contribution is -1.83. The van der Waals surface area contributed by atoms with E-state index >= 15 is 0 Å². The number of hydrogen-bond donors (Lipinski definition) is 0. The minimum Gasteiger partial charge on any atom is -0.0607 e. The maximum atomic E-state index is 2.16. The zero-order valence-corrected chi connectivity index (χ0v) is 6.90. The van der Waals surface area contributed by atoms with Gasteiger partial charge in [0, 0.05) is 36.6 Å². The maximum Gasteiger partial charge on any atom is 0.0500 e. The highest BCUT2D eigenvalue weighted by Gasteiger charge is 2.05. The van der Waals surface area contributed by atoms with Crippen LogP contribution >= 0.6 is 0 Å². The maximum absolute atomic E-state index is 2.16. The fraction of sp³-hybridized carbons (Fsp3) is 0.0833. The van der Waals surface area contributed by atoms with Crippen molar-refractivity contribution in [2.45, 2.75) is 6.42 Å². The van der Waals surface area contributed by atoms with Crippen molar-refractivity contribution in [3.63, 3.8) is 0 Å². The normalized spacial score (nSPS) is 20.0. The number of hydrogen-bond acceptors (Lipinski definition) is 0. The van der Waals surface area contributed by atoms with Crippen LogP contribution in [-0.2, 0) is 0 Å². The molecule has 0 aromatic heterocycles. The van der Waals surface area contributed by atoms with Crippen LogP contribution in [0.2, 0.25) is 0 Å². The predicted molar refractivity (Wildman–Crippen MR) is 52.5 cm³/mol. The molecule has 0 fully saturated rings. The van der Waals surface area contributed by atoms with E-state index in [0.717, 1.165) is 6.42 Å². The lowest BCUT2D eigenvalue weighted by molar-refractivity contribution is 1.21. The molecule has 58 valence electrons. The average molecular weight is 155 g/mol. The molecule has 0 heteroatoms. The first-order valence-electron chi connectivity index (χ1n) is 4.20. The van der Waals surface area contributed by atoms with Crippen molar-refractivity contribution in [3.05, 3.63) is 66.2 Å². The highest BCUT2D eigenvalue weighted by atomic mass is 14.0. The molecular weight excluding hydrogens is 144 g/mol. The van der Waals surface area contributed by atoms with Crippen LogP contribution in [0.15, 0.2) is 59.8 Å². The fourth-order valence-corrected chi connectivity index (χ4v) is 1.36. The molecule has 0 N–H and O–H groups in total. The molecule has 2 aliphatic carbocycles. The smallest absolute Gasteiger partial charge is 0.0500 e. The molecule has 0 heterocycles. The zero-order valence-electron chi connectivity index (χ0n) is 6.90. The number of allylic oxidation sites excluding steroid dienone is 10. The molecule has 0 spiro atoms. The van der Waals surface area contributed by atoms with E-state index < -0.39 is 0 Å². The molecule has 2 bridgehead atoms. The van der Waals surface area contributed by atoms with Crippen molar-refractivity contribution >= 4 is 0 Å². The summed E-state index contributed by atoms with van der Waals surface area (Å²) in [4.78, 5) is 0. The minimum absolute atomic E-state index is 1.05. The van der Waals surface area contributed by atoms with E-state index in [2.05, 4.69) is 55.0 Å². The lowest BCUT2D eigenvalue weighted by Gasteiger charge is -1.97. The van der Waals surface area contributed by atoms with Crippen molar-refractivity contribution < 1.29 is 0 Å². The van der Waals surface area contributed by atoms with Gasteiger partial charge >= 0.3 is 0 Å². The van der Waals surface area contributed by atoms with Gasteiger partial charge < -0.3 is 0 Å². The van der Waals surface area contributed by atoms with E-state index in [1.54, 1.807) is 0 Å². The Balaban J connectivity index is 2.39. The summed E-state index contributed by atoms with van der Waals surface area (Å²) >= 11 is 0. The zero-order chi connectivity index (χ0) is 8.23. The second-order valence-corrected chi connectivity index (χ2v) is 2.96. The fourth-order valence-electron chi connectivity index (χ4n) is 1.36.